The largest absolute Gasteiger partial charge is 0.349 e. The molecule has 1 N–H and O–H groups in total. The smallest absolute Gasteiger partial charge is 0.237 e. The molecule has 120 valence electrons. The Bertz CT molecular complexity index is 536. The number of nitrogens with one attached hydrogen (secondary N) is 1. The number of aryl methyl sites for hydroxylation is 1. The normalized spacial score (nSPS) is 24.5. The number of benzene rings is 1. The van der Waals surface area contributed by atoms with Gasteiger partial charge < -0.3 is 5.32 Å². The van der Waals surface area contributed by atoms with Crippen LogP contribution in [0.4, 0.5) is 0 Å². The van der Waals surface area contributed by atoms with Crippen molar-refractivity contribution in [1.82, 2.24) is 10.2 Å². The number of hydrogen-bond acceptors (Lipinski definition) is 2. The Morgan fingerprint density at radius 1 is 1.27 bits per heavy atom. The van der Waals surface area contributed by atoms with Gasteiger partial charge in [-0.05, 0) is 63.7 Å². The minimum atomic E-state index is 0.0241. The molecule has 3 nitrogen and oxygen atoms in total. The highest BCUT2D eigenvalue weighted by Crippen LogP contribution is 2.39. The van der Waals surface area contributed by atoms with E-state index in [1.807, 2.05) is 0 Å². The molecule has 1 aromatic carbocycles. The van der Waals surface area contributed by atoms with Crippen molar-refractivity contribution in [3.05, 3.63) is 35.4 Å². The fourth-order valence-electron chi connectivity index (χ4n) is 3.60. The summed E-state index contributed by atoms with van der Waals surface area (Å²) in [7, 11) is 2.09. The summed E-state index contributed by atoms with van der Waals surface area (Å²) in [5.74, 6) is 0.246. The van der Waals surface area contributed by atoms with Crippen LogP contribution in [0.3, 0.4) is 0 Å². The van der Waals surface area contributed by atoms with Gasteiger partial charge in [-0.25, -0.2) is 0 Å². The van der Waals surface area contributed by atoms with Gasteiger partial charge >= 0.3 is 0 Å². The van der Waals surface area contributed by atoms with Crippen LogP contribution < -0.4 is 5.32 Å². The Labute approximate surface area is 134 Å². The van der Waals surface area contributed by atoms with Crippen molar-refractivity contribution in [3.8, 4) is 0 Å². The molecule has 22 heavy (non-hydrogen) atoms. The summed E-state index contributed by atoms with van der Waals surface area (Å²) < 4.78 is 0. The van der Waals surface area contributed by atoms with Crippen LogP contribution in [-0.4, -0.2) is 36.0 Å². The van der Waals surface area contributed by atoms with Crippen LogP contribution in [0.2, 0.25) is 0 Å². The fraction of sp³-hybridized carbons (Fsp3) is 0.632. The first-order valence-electron chi connectivity index (χ1n) is 8.66. The topological polar surface area (TPSA) is 32.3 Å². The molecular formula is C19H28N2O. The molecule has 0 spiro atoms. The molecule has 1 aliphatic heterocycles. The lowest BCUT2D eigenvalue weighted by atomic mass is 9.99. The maximum atomic E-state index is 12.7. The van der Waals surface area contributed by atoms with Gasteiger partial charge in [0.1, 0.15) is 0 Å². The molecule has 1 saturated carbocycles. The summed E-state index contributed by atoms with van der Waals surface area (Å²) in [4.78, 5) is 15.0. The van der Waals surface area contributed by atoms with Crippen LogP contribution in [0.5, 0.6) is 0 Å². The second kappa shape index (κ2) is 6.41. The third-order valence-corrected chi connectivity index (χ3v) is 5.36. The van der Waals surface area contributed by atoms with Crippen LogP contribution in [-0.2, 0) is 11.2 Å². The molecule has 1 saturated heterocycles. The third-order valence-electron chi connectivity index (χ3n) is 5.36. The van der Waals surface area contributed by atoms with Crippen LogP contribution in [0.25, 0.3) is 0 Å². The molecule has 1 atom stereocenters. The van der Waals surface area contributed by atoms with E-state index in [4.69, 9.17) is 0 Å². The third kappa shape index (κ3) is 3.52. The lowest BCUT2D eigenvalue weighted by molar-refractivity contribution is -0.127. The van der Waals surface area contributed by atoms with Gasteiger partial charge in [-0.1, -0.05) is 37.1 Å². The number of carbonyl (C=O) groups excluding carboxylic acids is 1. The van der Waals surface area contributed by atoms with Gasteiger partial charge in [0.25, 0.3) is 0 Å². The highest BCUT2D eigenvalue weighted by Gasteiger charge is 2.45. The van der Waals surface area contributed by atoms with Crippen molar-refractivity contribution in [1.29, 1.82) is 0 Å². The zero-order chi connectivity index (χ0) is 15.6. The number of amides is 1. The molecule has 3 rings (SSSR count). The van der Waals surface area contributed by atoms with Gasteiger partial charge in [-0.3, -0.25) is 9.69 Å². The van der Waals surface area contributed by atoms with Crippen molar-refractivity contribution in [2.24, 2.45) is 0 Å². The maximum Gasteiger partial charge on any atom is 0.237 e. The number of rotatable bonds is 4. The van der Waals surface area contributed by atoms with Crippen molar-refractivity contribution >= 4 is 5.91 Å². The first-order chi connectivity index (χ1) is 10.6. The molecule has 0 unspecified atom stereocenters. The Hall–Kier alpha value is -1.35. The van der Waals surface area contributed by atoms with Gasteiger partial charge in [0.15, 0.2) is 0 Å². The molecule has 0 bridgehead atoms. The number of likely N-dealkylation sites (tertiary alicyclic amines) is 1. The average molecular weight is 300 g/mol. The molecule has 0 aromatic heterocycles. The number of hydrogen-bond donors (Lipinski definition) is 1. The lowest BCUT2D eigenvalue weighted by Gasteiger charge is -2.28. The quantitative estimate of drug-likeness (QED) is 0.927. The van der Waals surface area contributed by atoms with Gasteiger partial charge in [-0.2, -0.15) is 0 Å². The minimum Gasteiger partial charge on any atom is -0.349 e. The number of nitrogens with zero attached hydrogens (tertiary/aromatic N) is 1. The number of carbonyl (C=O) groups is 1. The Kier molecular flexibility index (Phi) is 4.53. The maximum absolute atomic E-state index is 12.7. The first kappa shape index (κ1) is 15.5. The van der Waals surface area contributed by atoms with E-state index < -0.39 is 0 Å². The summed E-state index contributed by atoms with van der Waals surface area (Å²) in [5, 5.41) is 3.39. The Morgan fingerprint density at radius 2 is 2.05 bits per heavy atom. The van der Waals surface area contributed by atoms with Crippen LogP contribution in [0.1, 0.15) is 49.7 Å². The summed E-state index contributed by atoms with van der Waals surface area (Å²) >= 11 is 0. The van der Waals surface area contributed by atoms with Gasteiger partial charge in [0.2, 0.25) is 5.91 Å². The summed E-state index contributed by atoms with van der Waals surface area (Å²) in [6.07, 6.45) is 7.85. The molecule has 1 amide bonds. The van der Waals surface area contributed by atoms with E-state index in [9.17, 15) is 4.79 Å². The zero-order valence-corrected chi connectivity index (χ0v) is 13.9. The standard InChI is InChI=1S/C19H28N2O/c1-15-8-5-6-9-16(15)14-19(11-12-19)20-18(22)17-10-4-3-7-13-21(17)2/h5-6,8-9,17H,3-4,7,10-14H2,1-2H3,(H,20,22)/t17-/m0/s1. The van der Waals surface area contributed by atoms with E-state index in [0.717, 1.165) is 32.2 Å². The molecule has 1 aromatic rings. The van der Waals surface area contributed by atoms with Crippen molar-refractivity contribution in [2.45, 2.75) is 63.5 Å². The Balaban J connectivity index is 1.64. The summed E-state index contributed by atoms with van der Waals surface area (Å²) in [6.45, 7) is 3.20. The molecule has 2 aliphatic rings. The number of likely N-dealkylation sites (N-methyl/N-ethyl adjacent to an activating group) is 1. The van der Waals surface area contributed by atoms with Gasteiger partial charge in [0, 0.05) is 5.54 Å². The SMILES string of the molecule is Cc1ccccc1CC1(NC(=O)[C@@H]2CCCCCN2C)CC1. The molecule has 3 heteroatoms. The van der Waals surface area contributed by atoms with Crippen molar-refractivity contribution < 1.29 is 4.79 Å². The van der Waals surface area contributed by atoms with E-state index in [0.29, 0.717) is 0 Å². The van der Waals surface area contributed by atoms with Gasteiger partial charge in [0.05, 0.1) is 6.04 Å². The zero-order valence-electron chi connectivity index (χ0n) is 13.9. The average Bonchev–Trinajstić information content (AvgIpc) is 3.26. The predicted molar refractivity (Wildman–Crippen MR) is 89.9 cm³/mol. The van der Waals surface area contributed by atoms with E-state index in [1.165, 1.54) is 30.4 Å². The van der Waals surface area contributed by atoms with E-state index >= 15 is 0 Å². The van der Waals surface area contributed by atoms with E-state index in [-0.39, 0.29) is 17.5 Å². The second-order valence-corrected chi connectivity index (χ2v) is 7.22. The van der Waals surface area contributed by atoms with Crippen molar-refractivity contribution in [2.75, 3.05) is 13.6 Å². The highest BCUT2D eigenvalue weighted by molar-refractivity contribution is 5.83. The monoisotopic (exact) mass is 300 g/mol. The second-order valence-electron chi connectivity index (χ2n) is 7.22. The Morgan fingerprint density at radius 3 is 2.77 bits per heavy atom. The molecule has 0 radical (unpaired) electrons. The van der Waals surface area contributed by atoms with Gasteiger partial charge in [-0.15, -0.1) is 0 Å². The first-order valence-corrected chi connectivity index (χ1v) is 8.66. The fourth-order valence-corrected chi connectivity index (χ4v) is 3.60. The summed E-state index contributed by atoms with van der Waals surface area (Å²) in [6, 6.07) is 8.60. The minimum absolute atomic E-state index is 0.0241. The molecule has 2 fully saturated rings. The lowest BCUT2D eigenvalue weighted by Crippen LogP contribution is -2.49. The van der Waals surface area contributed by atoms with E-state index in [2.05, 4.69) is 48.5 Å². The molecule has 1 aliphatic carbocycles. The summed E-state index contributed by atoms with van der Waals surface area (Å²) in [5.41, 5.74) is 2.72. The van der Waals surface area contributed by atoms with Crippen LogP contribution in [0, 0.1) is 6.92 Å². The van der Waals surface area contributed by atoms with Crippen LogP contribution >= 0.6 is 0 Å². The molecular weight excluding hydrogens is 272 g/mol. The van der Waals surface area contributed by atoms with Crippen LogP contribution in [0.15, 0.2) is 24.3 Å². The molecule has 1 heterocycles. The predicted octanol–water partition coefficient (Wildman–Crippen LogP) is 3.06. The highest BCUT2D eigenvalue weighted by atomic mass is 16.2. The van der Waals surface area contributed by atoms with E-state index in [1.54, 1.807) is 0 Å². The van der Waals surface area contributed by atoms with Crippen molar-refractivity contribution in [3.63, 3.8) is 0 Å².